The van der Waals surface area contributed by atoms with Crippen molar-refractivity contribution < 1.29 is 14.0 Å². The molecule has 3 aromatic rings. The van der Waals surface area contributed by atoms with Gasteiger partial charge in [0.05, 0.1) is 11.4 Å². The molecule has 0 spiro atoms. The standard InChI is InChI=1S/C20H16FN3O2S/c1-13(25)15-3-2-4-17(11-15)22-19(26)12-27-20-10-9-18(23-24-20)14-5-7-16(21)8-6-14/h2-11H,12H2,1H3,(H,22,26). The summed E-state index contributed by atoms with van der Waals surface area (Å²) in [6, 6.07) is 16.3. The number of nitrogens with zero attached hydrogens (tertiary/aromatic N) is 2. The normalized spacial score (nSPS) is 10.4. The molecular formula is C20H16FN3O2S. The minimum Gasteiger partial charge on any atom is -0.325 e. The van der Waals surface area contributed by atoms with E-state index < -0.39 is 0 Å². The fourth-order valence-corrected chi connectivity index (χ4v) is 2.94. The Bertz CT molecular complexity index is 960. The van der Waals surface area contributed by atoms with Crippen molar-refractivity contribution in [3.63, 3.8) is 0 Å². The lowest BCUT2D eigenvalue weighted by atomic mass is 10.1. The van der Waals surface area contributed by atoms with Gasteiger partial charge in [0.25, 0.3) is 0 Å². The Morgan fingerprint density at radius 1 is 1.04 bits per heavy atom. The zero-order valence-electron chi connectivity index (χ0n) is 14.5. The Kier molecular flexibility index (Phi) is 5.93. The zero-order chi connectivity index (χ0) is 19.2. The molecule has 1 amide bonds. The van der Waals surface area contributed by atoms with Gasteiger partial charge in [-0.1, -0.05) is 23.9 Å². The molecule has 0 bridgehead atoms. The van der Waals surface area contributed by atoms with Crippen molar-refractivity contribution in [3.05, 3.63) is 72.0 Å². The molecule has 0 saturated heterocycles. The summed E-state index contributed by atoms with van der Waals surface area (Å²) in [6.07, 6.45) is 0. The molecule has 2 aromatic carbocycles. The van der Waals surface area contributed by atoms with Crippen molar-refractivity contribution in [1.82, 2.24) is 10.2 Å². The van der Waals surface area contributed by atoms with Crippen molar-refractivity contribution in [3.8, 4) is 11.3 Å². The molecule has 7 heteroatoms. The minimum absolute atomic E-state index is 0.0583. The summed E-state index contributed by atoms with van der Waals surface area (Å²) in [5, 5.41) is 11.6. The lowest BCUT2D eigenvalue weighted by molar-refractivity contribution is -0.113. The Labute approximate surface area is 160 Å². The maximum Gasteiger partial charge on any atom is 0.234 e. The number of ketones is 1. The molecule has 136 valence electrons. The van der Waals surface area contributed by atoms with Crippen LogP contribution < -0.4 is 5.32 Å². The fourth-order valence-electron chi connectivity index (χ4n) is 2.32. The van der Waals surface area contributed by atoms with Gasteiger partial charge in [-0.15, -0.1) is 10.2 Å². The Morgan fingerprint density at radius 2 is 1.81 bits per heavy atom. The summed E-state index contributed by atoms with van der Waals surface area (Å²) < 4.78 is 13.0. The first-order chi connectivity index (χ1) is 13.0. The number of rotatable bonds is 6. The van der Waals surface area contributed by atoms with E-state index in [1.54, 1.807) is 48.5 Å². The third-order valence-electron chi connectivity index (χ3n) is 3.68. The highest BCUT2D eigenvalue weighted by molar-refractivity contribution is 7.99. The van der Waals surface area contributed by atoms with E-state index in [1.807, 2.05) is 0 Å². The number of aromatic nitrogens is 2. The second-order valence-electron chi connectivity index (χ2n) is 5.74. The number of hydrogen-bond donors (Lipinski definition) is 1. The van der Waals surface area contributed by atoms with Crippen LogP contribution in [0.4, 0.5) is 10.1 Å². The van der Waals surface area contributed by atoms with Crippen LogP contribution in [-0.2, 0) is 4.79 Å². The highest BCUT2D eigenvalue weighted by Gasteiger charge is 2.08. The molecule has 0 unspecified atom stereocenters. The smallest absolute Gasteiger partial charge is 0.234 e. The van der Waals surface area contributed by atoms with Crippen LogP contribution in [0.15, 0.2) is 65.7 Å². The maximum absolute atomic E-state index is 13.0. The number of benzene rings is 2. The number of carbonyl (C=O) groups is 2. The lowest BCUT2D eigenvalue weighted by Crippen LogP contribution is -2.14. The van der Waals surface area contributed by atoms with Gasteiger partial charge in [-0.25, -0.2) is 4.39 Å². The largest absolute Gasteiger partial charge is 0.325 e. The summed E-state index contributed by atoms with van der Waals surface area (Å²) in [7, 11) is 0. The molecular weight excluding hydrogens is 365 g/mol. The molecule has 0 radical (unpaired) electrons. The quantitative estimate of drug-likeness (QED) is 0.511. The Balaban J connectivity index is 1.56. The monoisotopic (exact) mass is 381 g/mol. The lowest BCUT2D eigenvalue weighted by Gasteiger charge is -2.06. The van der Waals surface area contributed by atoms with Crippen LogP contribution in [0.2, 0.25) is 0 Å². The first-order valence-electron chi connectivity index (χ1n) is 8.14. The summed E-state index contributed by atoms with van der Waals surface area (Å²) in [5.74, 6) is -0.407. The predicted molar refractivity (Wildman–Crippen MR) is 103 cm³/mol. The van der Waals surface area contributed by atoms with E-state index in [4.69, 9.17) is 0 Å². The molecule has 5 nitrogen and oxygen atoms in total. The van der Waals surface area contributed by atoms with Crippen molar-refractivity contribution in [2.75, 3.05) is 11.1 Å². The molecule has 3 rings (SSSR count). The molecule has 0 saturated carbocycles. The van der Waals surface area contributed by atoms with E-state index in [0.717, 1.165) is 5.56 Å². The molecule has 1 N–H and O–H groups in total. The molecule has 0 aliphatic carbocycles. The number of hydrogen-bond acceptors (Lipinski definition) is 5. The zero-order valence-corrected chi connectivity index (χ0v) is 15.3. The first-order valence-corrected chi connectivity index (χ1v) is 9.13. The van der Waals surface area contributed by atoms with Crippen LogP contribution in [0.25, 0.3) is 11.3 Å². The van der Waals surface area contributed by atoms with Crippen LogP contribution in [0.3, 0.4) is 0 Å². The van der Waals surface area contributed by atoms with Gasteiger partial charge in [-0.2, -0.15) is 0 Å². The average Bonchev–Trinajstić information content (AvgIpc) is 2.68. The van der Waals surface area contributed by atoms with Gasteiger partial charge in [-0.05, 0) is 55.5 Å². The van der Waals surface area contributed by atoms with Gasteiger partial charge >= 0.3 is 0 Å². The minimum atomic E-state index is -0.307. The summed E-state index contributed by atoms with van der Waals surface area (Å²) >= 11 is 1.25. The van der Waals surface area contributed by atoms with Crippen molar-refractivity contribution >= 4 is 29.1 Å². The number of anilines is 1. The van der Waals surface area contributed by atoms with Gasteiger partial charge in [0, 0.05) is 16.8 Å². The molecule has 0 atom stereocenters. The molecule has 0 aliphatic rings. The fraction of sp³-hybridized carbons (Fsp3) is 0.100. The summed E-state index contributed by atoms with van der Waals surface area (Å²) in [5.41, 5.74) is 2.52. The number of Topliss-reactive ketones (excluding diaryl/α,β-unsaturated/α-hetero) is 1. The van der Waals surface area contributed by atoms with E-state index in [1.165, 1.54) is 30.8 Å². The number of nitrogens with one attached hydrogen (secondary N) is 1. The summed E-state index contributed by atoms with van der Waals surface area (Å²) in [4.78, 5) is 23.5. The maximum atomic E-state index is 13.0. The molecule has 1 aromatic heterocycles. The number of halogens is 1. The van der Waals surface area contributed by atoms with E-state index in [-0.39, 0.29) is 23.3 Å². The van der Waals surface area contributed by atoms with E-state index in [0.29, 0.717) is 22.0 Å². The summed E-state index contributed by atoms with van der Waals surface area (Å²) in [6.45, 7) is 1.48. The number of carbonyl (C=O) groups excluding carboxylic acids is 2. The third kappa shape index (κ3) is 5.21. The van der Waals surface area contributed by atoms with Crippen LogP contribution in [0.1, 0.15) is 17.3 Å². The highest BCUT2D eigenvalue weighted by Crippen LogP contribution is 2.20. The number of amides is 1. The second kappa shape index (κ2) is 8.55. The van der Waals surface area contributed by atoms with E-state index >= 15 is 0 Å². The Hall–Kier alpha value is -3.06. The molecule has 0 aliphatic heterocycles. The van der Waals surface area contributed by atoms with Crippen LogP contribution in [0.5, 0.6) is 0 Å². The van der Waals surface area contributed by atoms with Gasteiger partial charge in [0.1, 0.15) is 10.8 Å². The SMILES string of the molecule is CC(=O)c1cccc(NC(=O)CSc2ccc(-c3ccc(F)cc3)nn2)c1. The van der Waals surface area contributed by atoms with Crippen molar-refractivity contribution in [1.29, 1.82) is 0 Å². The van der Waals surface area contributed by atoms with Gasteiger partial charge in [-0.3, -0.25) is 9.59 Å². The molecule has 27 heavy (non-hydrogen) atoms. The van der Waals surface area contributed by atoms with Gasteiger partial charge < -0.3 is 5.32 Å². The second-order valence-corrected chi connectivity index (χ2v) is 6.73. The van der Waals surface area contributed by atoms with Crippen LogP contribution in [0, 0.1) is 5.82 Å². The molecule has 0 fully saturated rings. The average molecular weight is 381 g/mol. The van der Waals surface area contributed by atoms with E-state index in [9.17, 15) is 14.0 Å². The van der Waals surface area contributed by atoms with E-state index in [2.05, 4.69) is 15.5 Å². The van der Waals surface area contributed by atoms with Crippen LogP contribution in [-0.4, -0.2) is 27.6 Å². The predicted octanol–water partition coefficient (Wildman–Crippen LogP) is 4.22. The van der Waals surface area contributed by atoms with Crippen LogP contribution >= 0.6 is 11.8 Å². The van der Waals surface area contributed by atoms with Gasteiger partial charge in [0.15, 0.2) is 5.78 Å². The first kappa shape index (κ1) is 18.7. The van der Waals surface area contributed by atoms with Crippen molar-refractivity contribution in [2.45, 2.75) is 11.9 Å². The Morgan fingerprint density at radius 3 is 2.48 bits per heavy atom. The van der Waals surface area contributed by atoms with Crippen molar-refractivity contribution in [2.24, 2.45) is 0 Å². The topological polar surface area (TPSA) is 72.0 Å². The highest BCUT2D eigenvalue weighted by atomic mass is 32.2. The van der Waals surface area contributed by atoms with Gasteiger partial charge in [0.2, 0.25) is 5.91 Å². The number of thioether (sulfide) groups is 1. The molecule has 1 heterocycles. The third-order valence-corrected chi connectivity index (χ3v) is 4.60.